The van der Waals surface area contributed by atoms with Crippen molar-refractivity contribution in [1.29, 1.82) is 0 Å². The van der Waals surface area contributed by atoms with Crippen molar-refractivity contribution in [2.45, 2.75) is 0 Å². The average molecular weight is 261 g/mol. The number of carbonyl (C=O) groups excluding carboxylic acids is 1. The van der Waals surface area contributed by atoms with Crippen molar-refractivity contribution in [3.05, 3.63) is 36.7 Å². The Morgan fingerprint density at radius 2 is 1.68 bits per heavy atom. The molecule has 1 heterocycles. The molecule has 0 radical (unpaired) electrons. The van der Waals surface area contributed by atoms with Crippen molar-refractivity contribution in [1.82, 2.24) is 4.98 Å². The number of phenolic OH excluding ortho intramolecular Hbond substituents is 3. The fraction of sp³-hybridized carbons (Fsp3) is 0. The number of urea groups is 1. The number of nitrogens with one attached hydrogen (secondary N) is 2. The van der Waals surface area contributed by atoms with Crippen LogP contribution in [0, 0.1) is 0 Å². The quantitative estimate of drug-likeness (QED) is 0.418. The molecule has 2 amide bonds. The first kappa shape index (κ1) is 12.5. The van der Waals surface area contributed by atoms with Gasteiger partial charge in [0, 0.05) is 18.3 Å². The van der Waals surface area contributed by atoms with E-state index in [2.05, 4.69) is 15.6 Å². The van der Waals surface area contributed by atoms with Gasteiger partial charge in [-0.15, -0.1) is 0 Å². The molecule has 0 spiro atoms. The Labute approximate surface area is 108 Å². The lowest BCUT2D eigenvalue weighted by atomic mass is 10.2. The van der Waals surface area contributed by atoms with Crippen LogP contribution >= 0.6 is 0 Å². The maximum absolute atomic E-state index is 11.6. The van der Waals surface area contributed by atoms with Gasteiger partial charge in [-0.2, -0.15) is 0 Å². The molecule has 2 rings (SSSR count). The molecule has 1 aromatic carbocycles. The number of hydrogen-bond acceptors (Lipinski definition) is 5. The number of nitrogens with zero attached hydrogens (tertiary/aromatic N) is 1. The lowest BCUT2D eigenvalue weighted by Crippen LogP contribution is -2.19. The lowest BCUT2D eigenvalue weighted by Gasteiger charge is -2.09. The number of carbonyl (C=O) groups is 1. The topological polar surface area (TPSA) is 115 Å². The smallest absolute Gasteiger partial charge is 0.323 e. The van der Waals surface area contributed by atoms with Crippen molar-refractivity contribution >= 4 is 17.4 Å². The van der Waals surface area contributed by atoms with Gasteiger partial charge in [0.25, 0.3) is 0 Å². The van der Waals surface area contributed by atoms with Gasteiger partial charge in [-0.1, -0.05) is 0 Å². The molecule has 0 aliphatic heterocycles. The van der Waals surface area contributed by atoms with E-state index >= 15 is 0 Å². The Kier molecular flexibility index (Phi) is 3.37. The molecule has 7 heteroatoms. The van der Waals surface area contributed by atoms with Gasteiger partial charge < -0.3 is 26.0 Å². The van der Waals surface area contributed by atoms with Crippen LogP contribution in [0.2, 0.25) is 0 Å². The highest BCUT2D eigenvalue weighted by molar-refractivity contribution is 6.00. The average Bonchev–Trinajstić information content (AvgIpc) is 2.37. The first-order valence-electron chi connectivity index (χ1n) is 5.29. The van der Waals surface area contributed by atoms with Gasteiger partial charge in [0.1, 0.15) is 0 Å². The minimum absolute atomic E-state index is 0.134. The summed E-state index contributed by atoms with van der Waals surface area (Å²) in [4.78, 5) is 15.4. The van der Waals surface area contributed by atoms with Crippen molar-refractivity contribution in [2.24, 2.45) is 0 Å². The first-order valence-corrected chi connectivity index (χ1v) is 5.29. The van der Waals surface area contributed by atoms with Crippen LogP contribution in [0.1, 0.15) is 0 Å². The predicted octanol–water partition coefficient (Wildman–Crippen LogP) is 1.84. The number of benzene rings is 1. The molecule has 0 atom stereocenters. The molecule has 7 nitrogen and oxygen atoms in total. The molecule has 98 valence electrons. The van der Waals surface area contributed by atoms with E-state index in [9.17, 15) is 15.0 Å². The lowest BCUT2D eigenvalue weighted by molar-refractivity contribution is 0.262. The van der Waals surface area contributed by atoms with E-state index in [0.717, 1.165) is 12.1 Å². The molecule has 0 bridgehead atoms. The van der Waals surface area contributed by atoms with Crippen LogP contribution in [-0.2, 0) is 0 Å². The van der Waals surface area contributed by atoms with Gasteiger partial charge in [0.2, 0.25) is 0 Å². The van der Waals surface area contributed by atoms with Gasteiger partial charge >= 0.3 is 6.03 Å². The fourth-order valence-electron chi connectivity index (χ4n) is 1.41. The Morgan fingerprint density at radius 3 is 2.26 bits per heavy atom. The summed E-state index contributed by atoms with van der Waals surface area (Å²) in [5.74, 6) is -1.70. The van der Waals surface area contributed by atoms with E-state index in [1.54, 1.807) is 18.3 Å². The SMILES string of the molecule is O=C(Nc1cccnc1)Nc1cc(O)c(O)c(O)c1. The summed E-state index contributed by atoms with van der Waals surface area (Å²) in [6, 6.07) is 4.96. The van der Waals surface area contributed by atoms with Crippen molar-refractivity contribution in [3.8, 4) is 17.2 Å². The van der Waals surface area contributed by atoms with Gasteiger partial charge in [0.05, 0.1) is 17.6 Å². The molecule has 5 N–H and O–H groups in total. The highest BCUT2D eigenvalue weighted by Crippen LogP contribution is 2.37. The Balaban J connectivity index is 2.07. The Bertz CT molecular complexity index is 578. The van der Waals surface area contributed by atoms with Gasteiger partial charge in [-0.05, 0) is 12.1 Å². The third-order valence-corrected chi connectivity index (χ3v) is 2.25. The van der Waals surface area contributed by atoms with Crippen LogP contribution in [0.25, 0.3) is 0 Å². The minimum Gasteiger partial charge on any atom is -0.504 e. The maximum atomic E-state index is 11.6. The zero-order valence-electron chi connectivity index (χ0n) is 9.66. The van der Waals surface area contributed by atoms with Crippen LogP contribution < -0.4 is 10.6 Å². The standard InChI is InChI=1S/C12H11N3O4/c16-9-4-8(5-10(17)11(9)18)15-12(19)14-7-2-1-3-13-6-7/h1-6,16-18H,(H2,14,15,19). The predicted molar refractivity (Wildman–Crippen MR) is 68.3 cm³/mol. The molecule has 0 unspecified atom stereocenters. The zero-order valence-corrected chi connectivity index (χ0v) is 9.66. The highest BCUT2D eigenvalue weighted by Gasteiger charge is 2.10. The van der Waals surface area contributed by atoms with Gasteiger partial charge in [-0.25, -0.2) is 4.79 Å². The van der Waals surface area contributed by atoms with Crippen LogP contribution in [0.3, 0.4) is 0 Å². The van der Waals surface area contributed by atoms with Crippen LogP contribution in [-0.4, -0.2) is 26.3 Å². The third-order valence-electron chi connectivity index (χ3n) is 2.25. The molecule has 0 saturated heterocycles. The first-order chi connectivity index (χ1) is 9.06. The summed E-state index contributed by atoms with van der Waals surface area (Å²) in [7, 11) is 0. The number of aromatic nitrogens is 1. The second-order valence-electron chi connectivity index (χ2n) is 3.68. The molecular formula is C12H11N3O4. The normalized spacial score (nSPS) is 9.89. The van der Waals surface area contributed by atoms with Gasteiger partial charge in [-0.3, -0.25) is 4.98 Å². The summed E-state index contributed by atoms with van der Waals surface area (Å²) in [6.45, 7) is 0. The van der Waals surface area contributed by atoms with Crippen LogP contribution in [0.15, 0.2) is 36.7 Å². The number of rotatable bonds is 2. The van der Waals surface area contributed by atoms with Crippen molar-refractivity contribution < 1.29 is 20.1 Å². The summed E-state index contributed by atoms with van der Waals surface area (Å²) in [5.41, 5.74) is 0.626. The van der Waals surface area contributed by atoms with Gasteiger partial charge in [0.15, 0.2) is 17.2 Å². The van der Waals surface area contributed by atoms with E-state index < -0.39 is 23.3 Å². The largest absolute Gasteiger partial charge is 0.504 e. The summed E-state index contributed by atoms with van der Waals surface area (Å²) in [5, 5.41) is 32.6. The van der Waals surface area contributed by atoms with E-state index in [0.29, 0.717) is 5.69 Å². The minimum atomic E-state index is -0.641. The number of amides is 2. The third kappa shape index (κ3) is 3.03. The molecular weight excluding hydrogens is 250 g/mol. The van der Waals surface area contributed by atoms with Crippen LogP contribution in [0.5, 0.6) is 17.2 Å². The van der Waals surface area contributed by atoms with Crippen LogP contribution in [0.4, 0.5) is 16.2 Å². The second-order valence-corrected chi connectivity index (χ2v) is 3.68. The number of aromatic hydroxyl groups is 3. The second kappa shape index (κ2) is 5.13. The molecule has 1 aromatic heterocycles. The van der Waals surface area contributed by atoms with E-state index in [1.165, 1.54) is 6.20 Å². The molecule has 0 fully saturated rings. The summed E-state index contributed by atoms with van der Waals surface area (Å²) < 4.78 is 0. The van der Waals surface area contributed by atoms with Crippen molar-refractivity contribution in [3.63, 3.8) is 0 Å². The summed E-state index contributed by atoms with van der Waals surface area (Å²) >= 11 is 0. The maximum Gasteiger partial charge on any atom is 0.323 e. The molecule has 0 saturated carbocycles. The Hall–Kier alpha value is -2.96. The Morgan fingerprint density at radius 1 is 1.05 bits per heavy atom. The molecule has 2 aromatic rings. The molecule has 0 aliphatic rings. The monoisotopic (exact) mass is 261 g/mol. The molecule has 19 heavy (non-hydrogen) atoms. The number of pyridine rings is 1. The van der Waals surface area contributed by atoms with E-state index in [4.69, 9.17) is 5.11 Å². The molecule has 0 aliphatic carbocycles. The summed E-state index contributed by atoms with van der Waals surface area (Å²) in [6.07, 6.45) is 3.03. The number of phenols is 3. The number of hydrogen-bond donors (Lipinski definition) is 5. The fourth-order valence-corrected chi connectivity index (χ4v) is 1.41. The zero-order chi connectivity index (χ0) is 13.8. The number of anilines is 2. The van der Waals surface area contributed by atoms with E-state index in [-0.39, 0.29) is 5.69 Å². The van der Waals surface area contributed by atoms with E-state index in [1.807, 2.05) is 0 Å². The highest BCUT2D eigenvalue weighted by atomic mass is 16.3. The van der Waals surface area contributed by atoms with Crippen molar-refractivity contribution in [2.75, 3.05) is 10.6 Å².